The molecule has 4 rings (SSSR count). The number of anilines is 1. The minimum absolute atomic E-state index is 0.115. The fourth-order valence-electron chi connectivity index (χ4n) is 3.61. The van der Waals surface area contributed by atoms with E-state index < -0.39 is 0 Å². The van der Waals surface area contributed by atoms with Crippen molar-refractivity contribution in [3.8, 4) is 11.4 Å². The zero-order valence-corrected chi connectivity index (χ0v) is 19.8. The lowest BCUT2D eigenvalue weighted by molar-refractivity contribution is -0.113. The van der Waals surface area contributed by atoms with E-state index in [0.29, 0.717) is 20.9 Å². The molecule has 1 aromatic heterocycles. The molecule has 2 heterocycles. The number of carbonyl (C=O) groups is 1. The highest BCUT2D eigenvalue weighted by Crippen LogP contribution is 2.37. The lowest BCUT2D eigenvalue weighted by Crippen LogP contribution is -2.27. The number of aromatic nitrogens is 1. The molecule has 0 atom stereocenters. The van der Waals surface area contributed by atoms with Crippen LogP contribution in [0.15, 0.2) is 59.5 Å². The van der Waals surface area contributed by atoms with Gasteiger partial charge in [0.05, 0.1) is 17.2 Å². The summed E-state index contributed by atoms with van der Waals surface area (Å²) < 4.78 is 8.15. The summed E-state index contributed by atoms with van der Waals surface area (Å²) in [6, 6.07) is 17.2. The molecular formula is C24H21ClN2O2S2. The van der Waals surface area contributed by atoms with Crippen molar-refractivity contribution in [2.45, 2.75) is 20.8 Å². The van der Waals surface area contributed by atoms with Crippen LogP contribution < -0.4 is 9.64 Å². The summed E-state index contributed by atoms with van der Waals surface area (Å²) in [5, 5.41) is 0.699. The summed E-state index contributed by atoms with van der Waals surface area (Å²) >= 11 is 12.9. The van der Waals surface area contributed by atoms with Gasteiger partial charge in [-0.25, -0.2) is 0 Å². The predicted octanol–water partition coefficient (Wildman–Crippen LogP) is 6.55. The number of hydrogen-bond donors (Lipinski definition) is 0. The summed E-state index contributed by atoms with van der Waals surface area (Å²) in [5.41, 5.74) is 4.88. The monoisotopic (exact) mass is 468 g/mol. The second-order valence-electron chi connectivity index (χ2n) is 7.08. The number of ether oxygens (including phenoxy) is 1. The van der Waals surface area contributed by atoms with Crippen molar-refractivity contribution < 1.29 is 9.53 Å². The number of thiocarbonyl (C=S) groups is 1. The van der Waals surface area contributed by atoms with E-state index >= 15 is 0 Å². The van der Waals surface area contributed by atoms with Crippen LogP contribution in [0.25, 0.3) is 11.8 Å². The smallest absolute Gasteiger partial charge is 0.270 e. The van der Waals surface area contributed by atoms with Crippen molar-refractivity contribution in [2.75, 3.05) is 11.5 Å². The van der Waals surface area contributed by atoms with E-state index in [9.17, 15) is 4.79 Å². The van der Waals surface area contributed by atoms with Crippen LogP contribution >= 0.6 is 35.6 Å². The Kier molecular flexibility index (Phi) is 6.23. The normalized spacial score (nSPS) is 15.2. The number of hydrogen-bond acceptors (Lipinski definition) is 4. The molecule has 1 amide bonds. The van der Waals surface area contributed by atoms with Gasteiger partial charge in [-0.1, -0.05) is 35.6 Å². The van der Waals surface area contributed by atoms with Crippen molar-refractivity contribution >= 4 is 57.6 Å². The highest BCUT2D eigenvalue weighted by Gasteiger charge is 2.33. The third-order valence-corrected chi connectivity index (χ3v) is 6.60. The van der Waals surface area contributed by atoms with Gasteiger partial charge in [-0.15, -0.1) is 0 Å². The Labute approximate surface area is 196 Å². The van der Waals surface area contributed by atoms with Crippen LogP contribution in [0.2, 0.25) is 5.02 Å². The summed E-state index contributed by atoms with van der Waals surface area (Å²) in [6.07, 6.45) is 1.92. The Morgan fingerprint density at radius 2 is 1.71 bits per heavy atom. The van der Waals surface area contributed by atoms with E-state index in [4.69, 9.17) is 28.6 Å². The highest BCUT2D eigenvalue weighted by molar-refractivity contribution is 8.27. The summed E-state index contributed by atoms with van der Waals surface area (Å²) in [4.78, 5) is 15.3. The minimum atomic E-state index is -0.115. The van der Waals surface area contributed by atoms with Crippen LogP contribution in [0.4, 0.5) is 5.69 Å². The maximum Gasteiger partial charge on any atom is 0.270 e. The Morgan fingerprint density at radius 1 is 1.06 bits per heavy atom. The molecule has 1 fully saturated rings. The Balaban J connectivity index is 1.64. The van der Waals surface area contributed by atoms with Crippen LogP contribution in [0.3, 0.4) is 0 Å². The van der Waals surface area contributed by atoms with Crippen molar-refractivity contribution in [3.05, 3.63) is 81.5 Å². The number of thioether (sulfide) groups is 1. The van der Waals surface area contributed by atoms with Crippen LogP contribution in [-0.4, -0.2) is 21.4 Å². The first-order chi connectivity index (χ1) is 14.9. The fraction of sp³-hybridized carbons (Fsp3) is 0.167. The van der Waals surface area contributed by atoms with Gasteiger partial charge in [0, 0.05) is 22.1 Å². The summed E-state index contributed by atoms with van der Waals surface area (Å²) in [6.45, 7) is 6.62. The highest BCUT2D eigenvalue weighted by atomic mass is 35.5. The van der Waals surface area contributed by atoms with E-state index in [0.717, 1.165) is 34.1 Å². The van der Waals surface area contributed by atoms with Gasteiger partial charge in [0.2, 0.25) is 0 Å². The average molecular weight is 469 g/mol. The van der Waals surface area contributed by atoms with Crippen molar-refractivity contribution in [3.63, 3.8) is 0 Å². The second kappa shape index (κ2) is 8.91. The molecule has 0 spiro atoms. The molecule has 1 saturated heterocycles. The third kappa shape index (κ3) is 4.28. The van der Waals surface area contributed by atoms with Gasteiger partial charge >= 0.3 is 0 Å². The molecule has 4 nitrogen and oxygen atoms in total. The molecule has 158 valence electrons. The standard InChI is InChI=1S/C24H21ClN2O2S2/c1-4-29-21-11-9-20(10-12-21)27-23(28)22(31-24(27)30)14-17-13-15(2)26(16(17)3)19-7-5-18(25)6-8-19/h5-14H,4H2,1-3H3/b22-14+. The SMILES string of the molecule is CCOc1ccc(N2C(=O)/C(=C\c3cc(C)n(-c4ccc(Cl)cc4)c3C)SC2=S)cc1. The molecule has 0 bridgehead atoms. The molecule has 0 saturated carbocycles. The van der Waals surface area contributed by atoms with Crippen LogP contribution in [0, 0.1) is 13.8 Å². The molecule has 1 aliphatic heterocycles. The number of nitrogens with zero attached hydrogens (tertiary/aromatic N) is 2. The first-order valence-corrected chi connectivity index (χ1v) is 11.4. The number of aryl methyl sites for hydroxylation is 1. The maximum atomic E-state index is 13.1. The molecule has 0 N–H and O–H groups in total. The largest absolute Gasteiger partial charge is 0.494 e. The lowest BCUT2D eigenvalue weighted by Gasteiger charge is -2.15. The molecule has 31 heavy (non-hydrogen) atoms. The Bertz CT molecular complexity index is 1180. The van der Waals surface area contributed by atoms with Gasteiger partial charge < -0.3 is 9.30 Å². The van der Waals surface area contributed by atoms with Gasteiger partial charge in [-0.2, -0.15) is 0 Å². The molecular weight excluding hydrogens is 448 g/mol. The fourth-order valence-corrected chi connectivity index (χ4v) is 5.03. The van der Waals surface area contributed by atoms with Gasteiger partial charge in [-0.05, 0) is 87.0 Å². The molecule has 3 aromatic rings. The minimum Gasteiger partial charge on any atom is -0.494 e. The number of amides is 1. The van der Waals surface area contributed by atoms with Gasteiger partial charge in [-0.3, -0.25) is 9.69 Å². The van der Waals surface area contributed by atoms with Crippen molar-refractivity contribution in [2.24, 2.45) is 0 Å². The third-order valence-electron chi connectivity index (χ3n) is 5.04. The Morgan fingerprint density at radius 3 is 2.35 bits per heavy atom. The number of rotatable bonds is 5. The van der Waals surface area contributed by atoms with E-state index in [1.165, 1.54) is 11.8 Å². The zero-order valence-electron chi connectivity index (χ0n) is 17.4. The van der Waals surface area contributed by atoms with E-state index in [1.54, 1.807) is 4.90 Å². The number of carbonyl (C=O) groups excluding carboxylic acids is 1. The number of benzene rings is 2. The predicted molar refractivity (Wildman–Crippen MR) is 134 cm³/mol. The zero-order chi connectivity index (χ0) is 22.1. The van der Waals surface area contributed by atoms with Crippen molar-refractivity contribution in [1.29, 1.82) is 0 Å². The first-order valence-electron chi connectivity index (χ1n) is 9.84. The molecule has 0 unspecified atom stereocenters. The van der Waals surface area contributed by atoms with E-state index in [-0.39, 0.29) is 5.91 Å². The molecule has 0 aliphatic carbocycles. The first kappa shape index (κ1) is 21.7. The van der Waals surface area contributed by atoms with E-state index in [1.807, 2.05) is 75.4 Å². The van der Waals surface area contributed by atoms with Gasteiger partial charge in [0.25, 0.3) is 5.91 Å². The maximum absolute atomic E-state index is 13.1. The molecule has 0 radical (unpaired) electrons. The van der Waals surface area contributed by atoms with Crippen LogP contribution in [0.5, 0.6) is 5.75 Å². The summed E-state index contributed by atoms with van der Waals surface area (Å²) in [5.74, 6) is 0.650. The number of halogens is 1. The van der Waals surface area contributed by atoms with Gasteiger partial charge in [0.15, 0.2) is 4.32 Å². The lowest BCUT2D eigenvalue weighted by atomic mass is 10.2. The Hall–Kier alpha value is -2.54. The molecule has 1 aliphatic rings. The van der Waals surface area contributed by atoms with Crippen LogP contribution in [-0.2, 0) is 4.79 Å². The average Bonchev–Trinajstić information content (AvgIpc) is 3.18. The quantitative estimate of drug-likeness (QED) is 0.314. The molecule has 2 aromatic carbocycles. The van der Waals surface area contributed by atoms with Crippen molar-refractivity contribution in [1.82, 2.24) is 4.57 Å². The van der Waals surface area contributed by atoms with Gasteiger partial charge in [0.1, 0.15) is 5.75 Å². The summed E-state index contributed by atoms with van der Waals surface area (Å²) in [7, 11) is 0. The van der Waals surface area contributed by atoms with Crippen LogP contribution in [0.1, 0.15) is 23.9 Å². The molecule has 7 heteroatoms. The topological polar surface area (TPSA) is 34.5 Å². The van der Waals surface area contributed by atoms with E-state index in [2.05, 4.69) is 10.6 Å². The second-order valence-corrected chi connectivity index (χ2v) is 9.19.